The first-order chi connectivity index (χ1) is 5.43. The molecule has 1 N–H and O–H groups in total. The Balaban J connectivity index is 2.09. The van der Waals surface area contributed by atoms with Crippen molar-refractivity contribution >= 4 is 0 Å². The summed E-state index contributed by atoms with van der Waals surface area (Å²) in [7, 11) is 0. The van der Waals surface area contributed by atoms with Crippen molar-refractivity contribution in [2.45, 2.75) is 26.2 Å². The SMILES string of the molecule is CCCCN1CCCNCC1. The molecule has 0 aromatic heterocycles. The highest BCUT2D eigenvalue weighted by Crippen LogP contribution is 1.98. The maximum atomic E-state index is 3.41. The molecule has 1 heterocycles. The molecule has 0 atom stereocenters. The highest BCUT2D eigenvalue weighted by Gasteiger charge is 2.06. The van der Waals surface area contributed by atoms with Gasteiger partial charge in [-0.25, -0.2) is 0 Å². The molecule has 11 heavy (non-hydrogen) atoms. The molecule has 0 bridgehead atoms. The molecule has 1 aliphatic rings. The van der Waals surface area contributed by atoms with Gasteiger partial charge in [0.25, 0.3) is 0 Å². The smallest absolute Gasteiger partial charge is 0.0107 e. The van der Waals surface area contributed by atoms with Gasteiger partial charge < -0.3 is 10.2 Å². The zero-order valence-electron chi connectivity index (χ0n) is 7.60. The lowest BCUT2D eigenvalue weighted by molar-refractivity contribution is 0.288. The third-order valence-electron chi connectivity index (χ3n) is 2.26. The van der Waals surface area contributed by atoms with E-state index in [0.717, 1.165) is 0 Å². The van der Waals surface area contributed by atoms with E-state index in [1.165, 1.54) is 52.0 Å². The van der Waals surface area contributed by atoms with Crippen molar-refractivity contribution in [1.82, 2.24) is 10.2 Å². The van der Waals surface area contributed by atoms with Crippen molar-refractivity contribution in [3.63, 3.8) is 0 Å². The molecule has 1 saturated heterocycles. The minimum absolute atomic E-state index is 1.18. The van der Waals surface area contributed by atoms with E-state index in [2.05, 4.69) is 17.1 Å². The van der Waals surface area contributed by atoms with Crippen molar-refractivity contribution in [3.05, 3.63) is 0 Å². The predicted molar refractivity (Wildman–Crippen MR) is 48.8 cm³/mol. The lowest BCUT2D eigenvalue weighted by Gasteiger charge is -2.18. The highest BCUT2D eigenvalue weighted by atomic mass is 15.1. The molecular weight excluding hydrogens is 136 g/mol. The number of rotatable bonds is 3. The van der Waals surface area contributed by atoms with Crippen LogP contribution in [0.25, 0.3) is 0 Å². The normalized spacial score (nSPS) is 21.5. The fraction of sp³-hybridized carbons (Fsp3) is 1.00. The topological polar surface area (TPSA) is 15.3 Å². The van der Waals surface area contributed by atoms with Gasteiger partial charge in [0.05, 0.1) is 0 Å². The van der Waals surface area contributed by atoms with Gasteiger partial charge in [-0.3, -0.25) is 0 Å². The Morgan fingerprint density at radius 3 is 3.00 bits per heavy atom. The van der Waals surface area contributed by atoms with Gasteiger partial charge in [-0.05, 0) is 32.5 Å². The molecule has 1 aliphatic heterocycles. The second-order valence-corrected chi connectivity index (χ2v) is 3.30. The van der Waals surface area contributed by atoms with Crippen LogP contribution in [0.15, 0.2) is 0 Å². The van der Waals surface area contributed by atoms with Crippen LogP contribution >= 0.6 is 0 Å². The van der Waals surface area contributed by atoms with Crippen LogP contribution in [0.2, 0.25) is 0 Å². The van der Waals surface area contributed by atoms with Crippen molar-refractivity contribution in [2.75, 3.05) is 32.7 Å². The molecule has 1 fully saturated rings. The van der Waals surface area contributed by atoms with Crippen LogP contribution < -0.4 is 5.32 Å². The van der Waals surface area contributed by atoms with Crippen molar-refractivity contribution in [3.8, 4) is 0 Å². The van der Waals surface area contributed by atoms with Gasteiger partial charge >= 0.3 is 0 Å². The summed E-state index contributed by atoms with van der Waals surface area (Å²) in [5.74, 6) is 0. The highest BCUT2D eigenvalue weighted by molar-refractivity contribution is 4.64. The summed E-state index contributed by atoms with van der Waals surface area (Å²) < 4.78 is 0. The van der Waals surface area contributed by atoms with E-state index in [1.807, 2.05) is 0 Å². The average molecular weight is 156 g/mol. The molecular formula is C9H20N2. The Morgan fingerprint density at radius 2 is 2.18 bits per heavy atom. The van der Waals surface area contributed by atoms with E-state index < -0.39 is 0 Å². The first-order valence-corrected chi connectivity index (χ1v) is 4.86. The van der Waals surface area contributed by atoms with Gasteiger partial charge in [0.2, 0.25) is 0 Å². The van der Waals surface area contributed by atoms with Crippen LogP contribution in [-0.4, -0.2) is 37.6 Å². The Morgan fingerprint density at radius 1 is 1.27 bits per heavy atom. The van der Waals surface area contributed by atoms with Gasteiger partial charge in [0.15, 0.2) is 0 Å². The predicted octanol–water partition coefficient (Wildman–Crippen LogP) is 1.08. The summed E-state index contributed by atoms with van der Waals surface area (Å²) in [6.07, 6.45) is 4.01. The standard InChI is InChI=1S/C9H20N2/c1-2-3-7-11-8-4-5-10-6-9-11/h10H,2-9H2,1H3. The minimum Gasteiger partial charge on any atom is -0.315 e. The molecule has 2 nitrogen and oxygen atoms in total. The lowest BCUT2D eigenvalue weighted by atomic mass is 10.3. The van der Waals surface area contributed by atoms with Crippen LogP contribution in [0.3, 0.4) is 0 Å². The minimum atomic E-state index is 1.18. The summed E-state index contributed by atoms with van der Waals surface area (Å²) in [6.45, 7) is 8.51. The summed E-state index contributed by atoms with van der Waals surface area (Å²) in [6, 6.07) is 0. The maximum absolute atomic E-state index is 3.41. The third kappa shape index (κ3) is 3.73. The zero-order chi connectivity index (χ0) is 7.94. The Hall–Kier alpha value is -0.0800. The zero-order valence-corrected chi connectivity index (χ0v) is 7.60. The van der Waals surface area contributed by atoms with Gasteiger partial charge in [0.1, 0.15) is 0 Å². The van der Waals surface area contributed by atoms with E-state index in [4.69, 9.17) is 0 Å². The number of hydrogen-bond donors (Lipinski definition) is 1. The van der Waals surface area contributed by atoms with Gasteiger partial charge in [-0.2, -0.15) is 0 Å². The molecule has 0 unspecified atom stereocenters. The van der Waals surface area contributed by atoms with Gasteiger partial charge in [-0.15, -0.1) is 0 Å². The fourth-order valence-electron chi connectivity index (χ4n) is 1.51. The lowest BCUT2D eigenvalue weighted by Crippen LogP contribution is -2.28. The molecule has 0 amide bonds. The van der Waals surface area contributed by atoms with Crippen LogP contribution in [0, 0.1) is 0 Å². The molecule has 0 saturated carbocycles. The van der Waals surface area contributed by atoms with E-state index in [1.54, 1.807) is 0 Å². The summed E-state index contributed by atoms with van der Waals surface area (Å²) >= 11 is 0. The molecule has 0 aromatic rings. The summed E-state index contributed by atoms with van der Waals surface area (Å²) in [5, 5.41) is 3.41. The Bertz CT molecular complexity index is 85.6. The third-order valence-corrected chi connectivity index (χ3v) is 2.26. The maximum Gasteiger partial charge on any atom is 0.0107 e. The van der Waals surface area contributed by atoms with Gasteiger partial charge in [-0.1, -0.05) is 13.3 Å². The molecule has 0 aromatic carbocycles. The van der Waals surface area contributed by atoms with Crippen LogP contribution in [0.4, 0.5) is 0 Å². The summed E-state index contributed by atoms with van der Waals surface area (Å²) in [5.41, 5.74) is 0. The Kier molecular flexibility index (Phi) is 4.55. The monoisotopic (exact) mass is 156 g/mol. The molecule has 2 heteroatoms. The number of unbranched alkanes of at least 4 members (excludes halogenated alkanes) is 1. The Labute approximate surface area is 70.0 Å². The van der Waals surface area contributed by atoms with Crippen LogP contribution in [0.5, 0.6) is 0 Å². The van der Waals surface area contributed by atoms with Crippen LogP contribution in [0.1, 0.15) is 26.2 Å². The van der Waals surface area contributed by atoms with Crippen LogP contribution in [-0.2, 0) is 0 Å². The van der Waals surface area contributed by atoms with Crippen molar-refractivity contribution in [1.29, 1.82) is 0 Å². The molecule has 66 valence electrons. The largest absolute Gasteiger partial charge is 0.315 e. The van der Waals surface area contributed by atoms with E-state index >= 15 is 0 Å². The quantitative estimate of drug-likeness (QED) is 0.658. The van der Waals surface area contributed by atoms with E-state index in [0.29, 0.717) is 0 Å². The van der Waals surface area contributed by atoms with E-state index in [-0.39, 0.29) is 0 Å². The average Bonchev–Trinajstić information content (AvgIpc) is 2.28. The van der Waals surface area contributed by atoms with E-state index in [9.17, 15) is 0 Å². The molecule has 0 aliphatic carbocycles. The second-order valence-electron chi connectivity index (χ2n) is 3.30. The molecule has 1 rings (SSSR count). The summed E-state index contributed by atoms with van der Waals surface area (Å²) in [4.78, 5) is 2.57. The molecule has 0 radical (unpaired) electrons. The fourth-order valence-corrected chi connectivity index (χ4v) is 1.51. The first kappa shape index (κ1) is 9.01. The van der Waals surface area contributed by atoms with Gasteiger partial charge in [0, 0.05) is 13.1 Å². The second kappa shape index (κ2) is 5.56. The number of nitrogens with one attached hydrogen (secondary N) is 1. The number of nitrogens with zero attached hydrogens (tertiary/aromatic N) is 1. The first-order valence-electron chi connectivity index (χ1n) is 4.86. The van der Waals surface area contributed by atoms with Crippen molar-refractivity contribution in [2.24, 2.45) is 0 Å². The van der Waals surface area contributed by atoms with Crippen molar-refractivity contribution < 1.29 is 0 Å². The number of hydrogen-bond acceptors (Lipinski definition) is 2. The molecule has 0 spiro atoms.